The van der Waals surface area contributed by atoms with Gasteiger partial charge in [-0.2, -0.15) is 5.10 Å². The fourth-order valence-corrected chi connectivity index (χ4v) is 1.45. The summed E-state index contributed by atoms with van der Waals surface area (Å²) in [6.45, 7) is 0.494. The van der Waals surface area contributed by atoms with Crippen LogP contribution in [0.25, 0.3) is 0 Å². The van der Waals surface area contributed by atoms with Crippen LogP contribution in [0.1, 0.15) is 5.56 Å². The number of hydrogen-bond donors (Lipinski definition) is 0. The van der Waals surface area contributed by atoms with E-state index in [1.165, 1.54) is 0 Å². The molecule has 0 radical (unpaired) electrons. The Hall–Kier alpha value is -1.97. The minimum Gasteiger partial charge on any atom is -0.493 e. The van der Waals surface area contributed by atoms with Gasteiger partial charge in [0.15, 0.2) is 11.5 Å². The highest BCUT2D eigenvalue weighted by molar-refractivity contribution is 5.39. The molecule has 2 rings (SSSR count). The fourth-order valence-electron chi connectivity index (χ4n) is 1.45. The third kappa shape index (κ3) is 2.34. The van der Waals surface area contributed by atoms with Gasteiger partial charge in [-0.15, -0.1) is 0 Å². The molecule has 0 amide bonds. The van der Waals surface area contributed by atoms with Gasteiger partial charge in [0, 0.05) is 18.8 Å². The molecule has 2 aromatic rings. The first-order chi connectivity index (χ1) is 7.79. The Morgan fingerprint density at radius 1 is 1.25 bits per heavy atom. The third-order valence-corrected chi connectivity index (χ3v) is 2.22. The van der Waals surface area contributed by atoms with E-state index in [0.717, 1.165) is 17.1 Å². The molecule has 0 atom stereocenters. The lowest BCUT2D eigenvalue weighted by Crippen LogP contribution is -1.96. The highest BCUT2D eigenvalue weighted by Gasteiger charge is 2.03. The standard InChI is InChI=1S/C12H14N2O2/c1-14-8-10(7-13-14)9-16-12-6-4-3-5-11(12)15-2/h3-8H,9H2,1-2H3. The minimum atomic E-state index is 0.494. The predicted octanol–water partition coefficient (Wildman–Crippen LogP) is 2.01. The zero-order valence-corrected chi connectivity index (χ0v) is 9.38. The van der Waals surface area contributed by atoms with Crippen LogP contribution in [0.3, 0.4) is 0 Å². The fraction of sp³-hybridized carbons (Fsp3) is 0.250. The van der Waals surface area contributed by atoms with Gasteiger partial charge in [-0.25, -0.2) is 0 Å². The number of aromatic nitrogens is 2. The van der Waals surface area contributed by atoms with Crippen LogP contribution in [0.2, 0.25) is 0 Å². The molecule has 4 heteroatoms. The quantitative estimate of drug-likeness (QED) is 0.787. The molecule has 0 fully saturated rings. The molecule has 16 heavy (non-hydrogen) atoms. The van der Waals surface area contributed by atoms with Crippen LogP contribution in [-0.2, 0) is 13.7 Å². The molecule has 84 valence electrons. The van der Waals surface area contributed by atoms with Gasteiger partial charge in [0.1, 0.15) is 6.61 Å². The Balaban J connectivity index is 2.04. The summed E-state index contributed by atoms with van der Waals surface area (Å²) in [6.07, 6.45) is 3.71. The van der Waals surface area contributed by atoms with Crippen molar-refractivity contribution in [3.8, 4) is 11.5 Å². The van der Waals surface area contributed by atoms with E-state index < -0.39 is 0 Å². The third-order valence-electron chi connectivity index (χ3n) is 2.22. The number of ether oxygens (including phenoxy) is 2. The molecule has 0 aliphatic carbocycles. The molecule has 4 nitrogen and oxygen atoms in total. The summed E-state index contributed by atoms with van der Waals surface area (Å²) in [4.78, 5) is 0. The number of nitrogens with zero attached hydrogens (tertiary/aromatic N) is 2. The summed E-state index contributed by atoms with van der Waals surface area (Å²) in [5.74, 6) is 1.49. The largest absolute Gasteiger partial charge is 0.493 e. The molecular formula is C12H14N2O2. The maximum Gasteiger partial charge on any atom is 0.161 e. The van der Waals surface area contributed by atoms with Gasteiger partial charge >= 0.3 is 0 Å². The highest BCUT2D eigenvalue weighted by atomic mass is 16.5. The summed E-state index contributed by atoms with van der Waals surface area (Å²) in [6, 6.07) is 7.59. The molecule has 1 heterocycles. The topological polar surface area (TPSA) is 36.3 Å². The lowest BCUT2D eigenvalue weighted by atomic mass is 10.3. The second-order valence-corrected chi connectivity index (χ2v) is 3.46. The monoisotopic (exact) mass is 218 g/mol. The Labute approximate surface area is 94.4 Å². The van der Waals surface area contributed by atoms with E-state index in [2.05, 4.69) is 5.10 Å². The molecular weight excluding hydrogens is 204 g/mol. The molecule has 0 unspecified atom stereocenters. The van der Waals surface area contributed by atoms with Crippen LogP contribution in [0.15, 0.2) is 36.7 Å². The van der Waals surface area contributed by atoms with E-state index in [1.54, 1.807) is 18.0 Å². The number of para-hydroxylation sites is 2. The van der Waals surface area contributed by atoms with Gasteiger partial charge in [0.05, 0.1) is 13.3 Å². The Bertz CT molecular complexity index is 466. The number of rotatable bonds is 4. The summed E-state index contributed by atoms with van der Waals surface area (Å²) in [7, 11) is 3.51. The van der Waals surface area contributed by atoms with E-state index in [4.69, 9.17) is 9.47 Å². The summed E-state index contributed by atoms with van der Waals surface area (Å²) in [5, 5.41) is 4.08. The SMILES string of the molecule is COc1ccccc1OCc1cnn(C)c1. The normalized spacial score (nSPS) is 10.1. The number of aryl methyl sites for hydroxylation is 1. The van der Waals surface area contributed by atoms with E-state index in [1.807, 2.05) is 37.5 Å². The van der Waals surface area contributed by atoms with Crippen molar-refractivity contribution in [1.29, 1.82) is 0 Å². The molecule has 0 aliphatic heterocycles. The smallest absolute Gasteiger partial charge is 0.161 e. The predicted molar refractivity (Wildman–Crippen MR) is 60.5 cm³/mol. The number of benzene rings is 1. The van der Waals surface area contributed by atoms with Crippen molar-refractivity contribution >= 4 is 0 Å². The average molecular weight is 218 g/mol. The Morgan fingerprint density at radius 3 is 2.62 bits per heavy atom. The van der Waals surface area contributed by atoms with E-state index in [0.29, 0.717) is 6.61 Å². The van der Waals surface area contributed by atoms with Crippen LogP contribution >= 0.6 is 0 Å². The maximum absolute atomic E-state index is 5.65. The first-order valence-corrected chi connectivity index (χ1v) is 5.03. The molecule has 0 aliphatic rings. The van der Waals surface area contributed by atoms with Crippen LogP contribution in [0, 0.1) is 0 Å². The zero-order valence-electron chi connectivity index (χ0n) is 9.38. The summed E-state index contributed by atoms with van der Waals surface area (Å²) >= 11 is 0. The van der Waals surface area contributed by atoms with Gasteiger partial charge < -0.3 is 9.47 Å². The van der Waals surface area contributed by atoms with Crippen LogP contribution in [-0.4, -0.2) is 16.9 Å². The van der Waals surface area contributed by atoms with Crippen molar-refractivity contribution < 1.29 is 9.47 Å². The Kier molecular flexibility index (Phi) is 3.10. The summed E-state index contributed by atoms with van der Waals surface area (Å²) < 4.78 is 12.6. The summed E-state index contributed by atoms with van der Waals surface area (Å²) in [5.41, 5.74) is 1.04. The van der Waals surface area contributed by atoms with E-state index >= 15 is 0 Å². The van der Waals surface area contributed by atoms with E-state index in [9.17, 15) is 0 Å². The second-order valence-electron chi connectivity index (χ2n) is 3.46. The van der Waals surface area contributed by atoms with Crippen molar-refractivity contribution in [3.63, 3.8) is 0 Å². The van der Waals surface area contributed by atoms with Crippen molar-refractivity contribution in [2.75, 3.05) is 7.11 Å². The maximum atomic E-state index is 5.65. The molecule has 0 N–H and O–H groups in total. The minimum absolute atomic E-state index is 0.494. The van der Waals surface area contributed by atoms with E-state index in [-0.39, 0.29) is 0 Å². The first kappa shape index (κ1) is 10.5. The van der Waals surface area contributed by atoms with Gasteiger partial charge in [-0.3, -0.25) is 4.68 Å². The molecule has 0 bridgehead atoms. The van der Waals surface area contributed by atoms with Crippen LogP contribution in [0.5, 0.6) is 11.5 Å². The van der Waals surface area contributed by atoms with Crippen molar-refractivity contribution in [3.05, 3.63) is 42.2 Å². The van der Waals surface area contributed by atoms with Gasteiger partial charge in [0.25, 0.3) is 0 Å². The lowest BCUT2D eigenvalue weighted by molar-refractivity contribution is 0.284. The van der Waals surface area contributed by atoms with Gasteiger partial charge in [-0.05, 0) is 12.1 Å². The zero-order chi connectivity index (χ0) is 11.4. The average Bonchev–Trinajstić information content (AvgIpc) is 2.73. The molecule has 0 saturated heterocycles. The van der Waals surface area contributed by atoms with Gasteiger partial charge in [-0.1, -0.05) is 12.1 Å². The first-order valence-electron chi connectivity index (χ1n) is 5.03. The van der Waals surface area contributed by atoms with Crippen LogP contribution in [0.4, 0.5) is 0 Å². The second kappa shape index (κ2) is 4.70. The molecule has 1 aromatic heterocycles. The lowest BCUT2D eigenvalue weighted by Gasteiger charge is -2.08. The number of methoxy groups -OCH3 is 1. The van der Waals surface area contributed by atoms with Gasteiger partial charge in [0.2, 0.25) is 0 Å². The molecule has 0 saturated carbocycles. The molecule has 0 spiro atoms. The highest BCUT2D eigenvalue weighted by Crippen LogP contribution is 2.26. The van der Waals surface area contributed by atoms with Crippen molar-refractivity contribution in [1.82, 2.24) is 9.78 Å². The molecule has 1 aromatic carbocycles. The number of hydrogen-bond acceptors (Lipinski definition) is 3. The van der Waals surface area contributed by atoms with Crippen molar-refractivity contribution in [2.45, 2.75) is 6.61 Å². The Morgan fingerprint density at radius 2 is 2.00 bits per heavy atom. The van der Waals surface area contributed by atoms with Crippen molar-refractivity contribution in [2.24, 2.45) is 7.05 Å². The van der Waals surface area contributed by atoms with Crippen LogP contribution < -0.4 is 9.47 Å².